The number of fused-ring (bicyclic) bond motifs is 3. The van der Waals surface area contributed by atoms with Crippen LogP contribution in [0.1, 0.15) is 0 Å². The standard InChI is InChI=1S/C18H11BrS/c19-16-10-15-13-8-4-5-9-17(13)20-18(15)11-14(16)12-6-2-1-3-7-12/h1-11H. The quantitative estimate of drug-likeness (QED) is 0.372. The summed E-state index contributed by atoms with van der Waals surface area (Å²) in [5.41, 5.74) is 2.50. The van der Waals surface area contributed by atoms with Crippen molar-refractivity contribution >= 4 is 47.4 Å². The Labute approximate surface area is 129 Å². The van der Waals surface area contributed by atoms with Gasteiger partial charge in [-0.1, -0.05) is 64.5 Å². The summed E-state index contributed by atoms with van der Waals surface area (Å²) >= 11 is 5.59. The summed E-state index contributed by atoms with van der Waals surface area (Å²) in [4.78, 5) is 0. The third-order valence-corrected chi connectivity index (χ3v) is 5.34. The fraction of sp³-hybridized carbons (Fsp3) is 0. The van der Waals surface area contributed by atoms with Gasteiger partial charge in [-0.05, 0) is 29.3 Å². The summed E-state index contributed by atoms with van der Waals surface area (Å²) in [5.74, 6) is 0. The van der Waals surface area contributed by atoms with Gasteiger partial charge in [-0.2, -0.15) is 0 Å². The summed E-state index contributed by atoms with van der Waals surface area (Å²) in [6.07, 6.45) is 0. The van der Waals surface area contributed by atoms with Crippen molar-refractivity contribution in [3.8, 4) is 11.1 Å². The van der Waals surface area contributed by atoms with Crippen LogP contribution in [0.4, 0.5) is 0 Å². The molecule has 96 valence electrons. The van der Waals surface area contributed by atoms with Crippen LogP contribution in [0.25, 0.3) is 31.3 Å². The minimum absolute atomic E-state index is 1.15. The van der Waals surface area contributed by atoms with Gasteiger partial charge in [0.25, 0.3) is 0 Å². The molecule has 3 aromatic carbocycles. The minimum atomic E-state index is 1.15. The SMILES string of the molecule is Brc1cc2c(cc1-c1ccccc1)sc1ccccc12. The van der Waals surface area contributed by atoms with Crippen molar-refractivity contribution in [1.82, 2.24) is 0 Å². The van der Waals surface area contributed by atoms with Gasteiger partial charge in [-0.25, -0.2) is 0 Å². The molecular formula is C18H11BrS. The lowest BCUT2D eigenvalue weighted by atomic mass is 10.0. The molecule has 1 heterocycles. The van der Waals surface area contributed by atoms with Crippen LogP contribution >= 0.6 is 27.3 Å². The van der Waals surface area contributed by atoms with E-state index in [1.807, 2.05) is 11.3 Å². The largest absolute Gasteiger partial charge is 0.135 e. The topological polar surface area (TPSA) is 0 Å². The number of thiophene rings is 1. The average molecular weight is 339 g/mol. The normalized spacial score (nSPS) is 11.2. The first-order valence-corrected chi connectivity index (χ1v) is 8.10. The first-order chi connectivity index (χ1) is 9.83. The van der Waals surface area contributed by atoms with E-state index in [1.165, 1.54) is 31.3 Å². The zero-order chi connectivity index (χ0) is 13.5. The summed E-state index contributed by atoms with van der Waals surface area (Å²) in [6.45, 7) is 0. The lowest BCUT2D eigenvalue weighted by Crippen LogP contribution is -1.79. The lowest BCUT2D eigenvalue weighted by Gasteiger charge is -2.05. The molecule has 0 atom stereocenters. The van der Waals surface area contributed by atoms with Gasteiger partial charge in [0, 0.05) is 24.6 Å². The summed E-state index contributed by atoms with van der Waals surface area (Å²) < 4.78 is 3.84. The maximum atomic E-state index is 3.73. The van der Waals surface area contributed by atoms with E-state index >= 15 is 0 Å². The van der Waals surface area contributed by atoms with Crippen molar-refractivity contribution in [3.05, 3.63) is 71.2 Å². The van der Waals surface area contributed by atoms with Gasteiger partial charge in [0.1, 0.15) is 0 Å². The molecule has 0 bridgehead atoms. The molecule has 20 heavy (non-hydrogen) atoms. The van der Waals surface area contributed by atoms with Gasteiger partial charge in [-0.15, -0.1) is 11.3 Å². The number of benzene rings is 3. The van der Waals surface area contributed by atoms with E-state index in [0.29, 0.717) is 0 Å². The van der Waals surface area contributed by atoms with Gasteiger partial charge >= 0.3 is 0 Å². The first-order valence-electron chi connectivity index (χ1n) is 6.49. The second-order valence-electron chi connectivity index (χ2n) is 4.79. The summed E-state index contributed by atoms with van der Waals surface area (Å²) in [5, 5.41) is 2.67. The second kappa shape index (κ2) is 4.72. The first kappa shape index (κ1) is 12.1. The van der Waals surface area contributed by atoms with Crippen LogP contribution < -0.4 is 0 Å². The van der Waals surface area contributed by atoms with Crippen molar-refractivity contribution in [2.45, 2.75) is 0 Å². The zero-order valence-corrected chi connectivity index (χ0v) is 13.0. The number of hydrogen-bond donors (Lipinski definition) is 0. The van der Waals surface area contributed by atoms with Crippen LogP contribution in [-0.4, -0.2) is 0 Å². The second-order valence-corrected chi connectivity index (χ2v) is 6.73. The fourth-order valence-electron chi connectivity index (χ4n) is 2.58. The predicted molar refractivity (Wildman–Crippen MR) is 92.5 cm³/mol. The molecule has 0 spiro atoms. The van der Waals surface area contributed by atoms with Crippen LogP contribution in [0.2, 0.25) is 0 Å². The number of rotatable bonds is 1. The highest BCUT2D eigenvalue weighted by Crippen LogP contribution is 2.39. The Hall–Kier alpha value is -1.64. The van der Waals surface area contributed by atoms with E-state index < -0.39 is 0 Å². The highest BCUT2D eigenvalue weighted by molar-refractivity contribution is 9.10. The van der Waals surface area contributed by atoms with Gasteiger partial charge in [0.15, 0.2) is 0 Å². The maximum Gasteiger partial charge on any atom is 0.0362 e. The Kier molecular flexibility index (Phi) is 2.86. The predicted octanol–water partition coefficient (Wildman–Crippen LogP) is 6.48. The van der Waals surface area contributed by atoms with Crippen molar-refractivity contribution in [3.63, 3.8) is 0 Å². The van der Waals surface area contributed by atoms with E-state index in [9.17, 15) is 0 Å². The smallest absolute Gasteiger partial charge is 0.0362 e. The maximum absolute atomic E-state index is 3.73. The molecule has 0 unspecified atom stereocenters. The third-order valence-electron chi connectivity index (χ3n) is 3.55. The lowest BCUT2D eigenvalue weighted by molar-refractivity contribution is 1.63. The van der Waals surface area contributed by atoms with Gasteiger partial charge in [0.05, 0.1) is 0 Å². The summed E-state index contributed by atoms with van der Waals surface area (Å²) in [6, 6.07) is 23.6. The van der Waals surface area contributed by atoms with Crippen LogP contribution in [0.5, 0.6) is 0 Å². The van der Waals surface area contributed by atoms with Gasteiger partial charge in [-0.3, -0.25) is 0 Å². The van der Waals surface area contributed by atoms with E-state index in [-0.39, 0.29) is 0 Å². The summed E-state index contributed by atoms with van der Waals surface area (Å²) in [7, 11) is 0. The molecule has 0 aliphatic rings. The van der Waals surface area contributed by atoms with Gasteiger partial charge < -0.3 is 0 Å². The molecule has 0 saturated carbocycles. The van der Waals surface area contributed by atoms with Crippen molar-refractivity contribution in [2.75, 3.05) is 0 Å². The molecule has 4 rings (SSSR count). The molecular weight excluding hydrogens is 328 g/mol. The molecule has 0 aliphatic carbocycles. The van der Waals surface area contributed by atoms with Crippen molar-refractivity contribution in [1.29, 1.82) is 0 Å². The molecule has 0 saturated heterocycles. The van der Waals surface area contributed by atoms with Crippen LogP contribution in [-0.2, 0) is 0 Å². The zero-order valence-electron chi connectivity index (χ0n) is 10.6. The molecule has 0 radical (unpaired) electrons. The third kappa shape index (κ3) is 1.88. The molecule has 0 nitrogen and oxygen atoms in total. The molecule has 0 N–H and O–H groups in total. The molecule has 2 heteroatoms. The van der Waals surface area contributed by atoms with Crippen LogP contribution in [0.15, 0.2) is 71.2 Å². The molecule has 4 aromatic rings. The Morgan fingerprint density at radius 3 is 2.30 bits per heavy atom. The monoisotopic (exact) mass is 338 g/mol. The Morgan fingerprint density at radius 1 is 0.700 bits per heavy atom. The van der Waals surface area contributed by atoms with E-state index in [2.05, 4.69) is 82.7 Å². The molecule has 0 amide bonds. The average Bonchev–Trinajstić information content (AvgIpc) is 2.85. The highest BCUT2D eigenvalue weighted by Gasteiger charge is 2.09. The minimum Gasteiger partial charge on any atom is -0.135 e. The molecule has 1 aromatic heterocycles. The van der Waals surface area contributed by atoms with Crippen molar-refractivity contribution < 1.29 is 0 Å². The van der Waals surface area contributed by atoms with E-state index in [4.69, 9.17) is 0 Å². The highest BCUT2D eigenvalue weighted by atomic mass is 79.9. The van der Waals surface area contributed by atoms with E-state index in [0.717, 1.165) is 4.47 Å². The Morgan fingerprint density at radius 2 is 1.45 bits per heavy atom. The van der Waals surface area contributed by atoms with Crippen molar-refractivity contribution in [2.24, 2.45) is 0 Å². The Balaban J connectivity index is 2.05. The Bertz CT molecular complexity index is 907. The van der Waals surface area contributed by atoms with Gasteiger partial charge in [0.2, 0.25) is 0 Å². The van der Waals surface area contributed by atoms with E-state index in [1.54, 1.807) is 0 Å². The number of halogens is 1. The fourth-order valence-corrected chi connectivity index (χ4v) is 4.28. The number of hydrogen-bond acceptors (Lipinski definition) is 1. The van der Waals surface area contributed by atoms with Crippen LogP contribution in [0, 0.1) is 0 Å². The molecule has 0 fully saturated rings. The molecule has 0 aliphatic heterocycles. The van der Waals surface area contributed by atoms with Crippen LogP contribution in [0.3, 0.4) is 0 Å².